The van der Waals surface area contributed by atoms with Gasteiger partial charge in [0.2, 0.25) is 0 Å². The first-order valence-corrected chi connectivity index (χ1v) is 6.02. The number of benzene rings is 1. The first-order valence-electron chi connectivity index (χ1n) is 6.02. The van der Waals surface area contributed by atoms with Gasteiger partial charge in [0.1, 0.15) is 5.75 Å². The number of ether oxygens (including phenoxy) is 1. The molecular formula is C15H15NO3. The fourth-order valence-corrected chi connectivity index (χ4v) is 1.94. The summed E-state index contributed by atoms with van der Waals surface area (Å²) < 4.78 is 5.27. The zero-order valence-corrected chi connectivity index (χ0v) is 10.9. The van der Waals surface area contributed by atoms with Gasteiger partial charge in [0.25, 0.3) is 0 Å². The van der Waals surface area contributed by atoms with Crippen LogP contribution in [0.4, 0.5) is 0 Å². The third-order valence-electron chi connectivity index (χ3n) is 2.96. The van der Waals surface area contributed by atoms with Crippen molar-refractivity contribution in [3.8, 4) is 17.0 Å². The maximum atomic E-state index is 11.0. The third-order valence-corrected chi connectivity index (χ3v) is 2.96. The van der Waals surface area contributed by atoms with E-state index in [9.17, 15) is 4.79 Å². The Morgan fingerprint density at radius 2 is 2.11 bits per heavy atom. The Hall–Kier alpha value is -2.36. The number of carbonyl (C=O) groups is 1. The number of aromatic carboxylic acids is 1. The molecule has 0 unspecified atom stereocenters. The largest absolute Gasteiger partial charge is 0.496 e. The van der Waals surface area contributed by atoms with Crippen LogP contribution in [0, 0.1) is 0 Å². The van der Waals surface area contributed by atoms with E-state index >= 15 is 0 Å². The molecule has 0 aliphatic heterocycles. The van der Waals surface area contributed by atoms with Gasteiger partial charge in [0.15, 0.2) is 0 Å². The Morgan fingerprint density at radius 3 is 2.74 bits per heavy atom. The molecule has 0 amide bonds. The van der Waals surface area contributed by atoms with E-state index in [1.807, 2.05) is 25.1 Å². The Labute approximate surface area is 111 Å². The summed E-state index contributed by atoms with van der Waals surface area (Å²) in [5.74, 6) is -0.117. The number of pyridine rings is 1. The maximum absolute atomic E-state index is 11.0. The van der Waals surface area contributed by atoms with Crippen molar-refractivity contribution in [3.05, 3.63) is 47.7 Å². The second-order valence-electron chi connectivity index (χ2n) is 4.12. The van der Waals surface area contributed by atoms with E-state index in [4.69, 9.17) is 9.84 Å². The summed E-state index contributed by atoms with van der Waals surface area (Å²) in [6.45, 7) is 2.04. The monoisotopic (exact) mass is 257 g/mol. The zero-order chi connectivity index (χ0) is 13.8. The predicted molar refractivity (Wildman–Crippen MR) is 72.6 cm³/mol. The molecule has 0 spiro atoms. The smallest absolute Gasteiger partial charge is 0.335 e. The van der Waals surface area contributed by atoms with Crippen molar-refractivity contribution in [2.45, 2.75) is 13.3 Å². The lowest BCUT2D eigenvalue weighted by molar-refractivity contribution is 0.0697. The topological polar surface area (TPSA) is 59.4 Å². The van der Waals surface area contributed by atoms with Crippen LogP contribution in [0.25, 0.3) is 11.3 Å². The van der Waals surface area contributed by atoms with Gasteiger partial charge in [0, 0.05) is 11.8 Å². The Balaban J connectivity index is 2.47. The third kappa shape index (κ3) is 2.73. The van der Waals surface area contributed by atoms with E-state index in [0.717, 1.165) is 23.3 Å². The number of nitrogens with zero attached hydrogens (tertiary/aromatic N) is 1. The first-order chi connectivity index (χ1) is 9.15. The Morgan fingerprint density at radius 1 is 1.32 bits per heavy atom. The highest BCUT2D eigenvalue weighted by atomic mass is 16.5. The minimum absolute atomic E-state index is 0.235. The number of hydrogen-bond acceptors (Lipinski definition) is 3. The highest BCUT2D eigenvalue weighted by Gasteiger charge is 2.08. The molecule has 2 aromatic rings. The highest BCUT2D eigenvalue weighted by Crippen LogP contribution is 2.26. The molecule has 4 nitrogen and oxygen atoms in total. The van der Waals surface area contributed by atoms with Crippen LogP contribution in [0.5, 0.6) is 5.75 Å². The molecular weight excluding hydrogens is 242 g/mol. The quantitative estimate of drug-likeness (QED) is 0.914. The van der Waals surface area contributed by atoms with Crippen molar-refractivity contribution in [2.24, 2.45) is 0 Å². The summed E-state index contributed by atoms with van der Waals surface area (Å²) in [4.78, 5) is 15.2. The molecule has 0 aliphatic rings. The molecule has 0 atom stereocenters. The number of rotatable bonds is 4. The van der Waals surface area contributed by atoms with Crippen molar-refractivity contribution >= 4 is 5.97 Å². The number of methoxy groups -OCH3 is 1. The molecule has 1 aromatic heterocycles. The standard InChI is InChI=1S/C15H15NO3/c1-3-10-8-11(4-5-14(10)19-2)13-9-12(15(17)18)6-7-16-13/h4-9H,3H2,1-2H3,(H,17,18). The lowest BCUT2D eigenvalue weighted by Gasteiger charge is -2.09. The summed E-state index contributed by atoms with van der Waals surface area (Å²) in [5.41, 5.74) is 2.85. The number of hydrogen-bond donors (Lipinski definition) is 1. The molecule has 0 aliphatic carbocycles. The molecule has 0 fully saturated rings. The normalized spacial score (nSPS) is 10.2. The molecule has 1 N–H and O–H groups in total. The van der Waals surface area contributed by atoms with E-state index in [0.29, 0.717) is 5.69 Å². The fraction of sp³-hybridized carbons (Fsp3) is 0.200. The number of carboxylic acids is 1. The van der Waals surface area contributed by atoms with Crippen LogP contribution in [-0.2, 0) is 6.42 Å². The van der Waals surface area contributed by atoms with Crippen LogP contribution in [0.3, 0.4) is 0 Å². The second-order valence-corrected chi connectivity index (χ2v) is 4.12. The molecule has 0 saturated carbocycles. The highest BCUT2D eigenvalue weighted by molar-refractivity contribution is 5.88. The van der Waals surface area contributed by atoms with E-state index in [1.165, 1.54) is 12.3 Å². The first kappa shape index (κ1) is 13.1. The number of carboxylic acid groups (broad SMARTS) is 1. The molecule has 0 saturated heterocycles. The van der Waals surface area contributed by atoms with Gasteiger partial charge in [-0.3, -0.25) is 4.98 Å². The van der Waals surface area contributed by atoms with E-state index in [-0.39, 0.29) is 5.56 Å². The van der Waals surface area contributed by atoms with Crippen molar-refractivity contribution in [3.63, 3.8) is 0 Å². The van der Waals surface area contributed by atoms with Gasteiger partial charge in [-0.2, -0.15) is 0 Å². The van der Waals surface area contributed by atoms with Gasteiger partial charge in [-0.15, -0.1) is 0 Å². The number of aryl methyl sites for hydroxylation is 1. The summed E-state index contributed by atoms with van der Waals surface area (Å²) in [6, 6.07) is 8.79. The van der Waals surface area contributed by atoms with E-state index < -0.39 is 5.97 Å². The fourth-order valence-electron chi connectivity index (χ4n) is 1.94. The zero-order valence-electron chi connectivity index (χ0n) is 10.9. The van der Waals surface area contributed by atoms with Gasteiger partial charge >= 0.3 is 5.97 Å². The Kier molecular flexibility index (Phi) is 3.80. The van der Waals surface area contributed by atoms with Crippen molar-refractivity contribution in [1.82, 2.24) is 4.98 Å². The van der Waals surface area contributed by atoms with E-state index in [1.54, 1.807) is 13.2 Å². The van der Waals surface area contributed by atoms with Crippen LogP contribution in [0.15, 0.2) is 36.5 Å². The SMILES string of the molecule is CCc1cc(-c2cc(C(=O)O)ccn2)ccc1OC. The van der Waals surface area contributed by atoms with Crippen molar-refractivity contribution in [1.29, 1.82) is 0 Å². The summed E-state index contributed by atoms with van der Waals surface area (Å²) in [5, 5.41) is 8.99. The number of aromatic nitrogens is 1. The maximum Gasteiger partial charge on any atom is 0.335 e. The van der Waals surface area contributed by atoms with Crippen LogP contribution in [0.1, 0.15) is 22.8 Å². The minimum Gasteiger partial charge on any atom is -0.496 e. The molecule has 0 radical (unpaired) electrons. The molecule has 19 heavy (non-hydrogen) atoms. The van der Waals surface area contributed by atoms with Gasteiger partial charge in [-0.05, 0) is 42.3 Å². The van der Waals surface area contributed by atoms with Gasteiger partial charge in [-0.1, -0.05) is 6.92 Å². The minimum atomic E-state index is -0.951. The molecule has 1 aromatic carbocycles. The molecule has 98 valence electrons. The summed E-state index contributed by atoms with van der Waals surface area (Å²) in [7, 11) is 1.64. The summed E-state index contributed by atoms with van der Waals surface area (Å²) in [6.07, 6.45) is 2.35. The molecule has 0 bridgehead atoms. The molecule has 2 rings (SSSR count). The lowest BCUT2D eigenvalue weighted by atomic mass is 10.0. The van der Waals surface area contributed by atoms with Gasteiger partial charge < -0.3 is 9.84 Å². The molecule has 4 heteroatoms. The van der Waals surface area contributed by atoms with Gasteiger partial charge in [0.05, 0.1) is 18.4 Å². The predicted octanol–water partition coefficient (Wildman–Crippen LogP) is 3.02. The van der Waals surface area contributed by atoms with Crippen molar-refractivity contribution in [2.75, 3.05) is 7.11 Å². The molecule has 1 heterocycles. The second kappa shape index (κ2) is 5.52. The summed E-state index contributed by atoms with van der Waals surface area (Å²) >= 11 is 0. The van der Waals surface area contributed by atoms with Crippen LogP contribution >= 0.6 is 0 Å². The average molecular weight is 257 g/mol. The van der Waals surface area contributed by atoms with Crippen LogP contribution in [-0.4, -0.2) is 23.2 Å². The van der Waals surface area contributed by atoms with Crippen molar-refractivity contribution < 1.29 is 14.6 Å². The van der Waals surface area contributed by atoms with Crippen LogP contribution < -0.4 is 4.74 Å². The van der Waals surface area contributed by atoms with Gasteiger partial charge in [-0.25, -0.2) is 4.79 Å². The lowest BCUT2D eigenvalue weighted by Crippen LogP contribution is -1.98. The van der Waals surface area contributed by atoms with Crippen LogP contribution in [0.2, 0.25) is 0 Å². The Bertz CT molecular complexity index is 608. The van der Waals surface area contributed by atoms with E-state index in [2.05, 4.69) is 4.98 Å². The average Bonchev–Trinajstić information content (AvgIpc) is 2.46.